The lowest BCUT2D eigenvalue weighted by Crippen LogP contribution is -2.45. The highest BCUT2D eigenvalue weighted by molar-refractivity contribution is 5.80. The Morgan fingerprint density at radius 2 is 1.83 bits per heavy atom. The first-order valence-electron chi connectivity index (χ1n) is 9.16. The third-order valence-corrected chi connectivity index (χ3v) is 4.11. The summed E-state index contributed by atoms with van der Waals surface area (Å²) in [5.74, 6) is 0.583. The van der Waals surface area contributed by atoms with E-state index in [0.29, 0.717) is 25.5 Å². The van der Waals surface area contributed by atoms with Crippen LogP contribution < -0.4 is 15.4 Å². The molecule has 5 nitrogen and oxygen atoms in total. The summed E-state index contributed by atoms with van der Waals surface area (Å²) in [6.07, 6.45) is -8.04. The van der Waals surface area contributed by atoms with Gasteiger partial charge in [-0.2, -0.15) is 26.3 Å². The van der Waals surface area contributed by atoms with Crippen LogP contribution in [-0.2, 0) is 6.54 Å². The summed E-state index contributed by atoms with van der Waals surface area (Å²) in [7, 11) is 0. The molecule has 1 fully saturated rings. The van der Waals surface area contributed by atoms with Crippen LogP contribution in [0.4, 0.5) is 26.3 Å². The minimum Gasteiger partial charge on any atom is -0.484 e. The van der Waals surface area contributed by atoms with Crippen molar-refractivity contribution >= 4 is 5.96 Å². The average molecular weight is 426 g/mol. The fourth-order valence-electron chi connectivity index (χ4n) is 2.89. The fraction of sp³-hybridized carbons (Fsp3) is 0.611. The summed E-state index contributed by atoms with van der Waals surface area (Å²) in [6, 6.07) is 5.94. The van der Waals surface area contributed by atoms with E-state index >= 15 is 0 Å². The van der Waals surface area contributed by atoms with Gasteiger partial charge in [-0.05, 0) is 31.0 Å². The first kappa shape index (κ1) is 23.1. The number of benzene rings is 1. The zero-order valence-electron chi connectivity index (χ0n) is 15.9. The number of hydrogen-bond donors (Lipinski definition) is 2. The molecule has 2 N–H and O–H groups in total. The number of nitrogens with zero attached hydrogens (tertiary/aromatic N) is 2. The lowest BCUT2D eigenvalue weighted by molar-refractivity contribution is -0.153. The Hall–Kier alpha value is -2.17. The van der Waals surface area contributed by atoms with Crippen LogP contribution in [0.25, 0.3) is 0 Å². The summed E-state index contributed by atoms with van der Waals surface area (Å²) >= 11 is 0. The Balaban J connectivity index is 1.87. The van der Waals surface area contributed by atoms with Crippen LogP contribution in [0.15, 0.2) is 29.3 Å². The van der Waals surface area contributed by atoms with Gasteiger partial charge in [-0.3, -0.25) is 4.90 Å². The van der Waals surface area contributed by atoms with Gasteiger partial charge in [-0.25, -0.2) is 4.99 Å². The average Bonchev–Trinajstić information content (AvgIpc) is 3.03. The first-order chi connectivity index (χ1) is 13.5. The molecule has 29 heavy (non-hydrogen) atoms. The van der Waals surface area contributed by atoms with Crippen LogP contribution in [0, 0.1) is 0 Å². The van der Waals surface area contributed by atoms with E-state index in [1.54, 1.807) is 12.1 Å². The van der Waals surface area contributed by atoms with Crippen molar-refractivity contribution in [2.45, 2.75) is 38.3 Å². The molecular formula is C18H24F6N4O. The predicted molar refractivity (Wildman–Crippen MR) is 96.8 cm³/mol. The third-order valence-electron chi connectivity index (χ3n) is 4.11. The zero-order valence-corrected chi connectivity index (χ0v) is 15.9. The molecule has 1 atom stereocenters. The minimum atomic E-state index is -4.40. The fourth-order valence-corrected chi connectivity index (χ4v) is 2.89. The minimum absolute atomic E-state index is 0.107. The topological polar surface area (TPSA) is 48.9 Å². The van der Waals surface area contributed by atoms with Gasteiger partial charge in [0, 0.05) is 25.7 Å². The number of alkyl halides is 6. The summed E-state index contributed by atoms with van der Waals surface area (Å²) < 4.78 is 78.6. The van der Waals surface area contributed by atoms with Crippen LogP contribution >= 0.6 is 0 Å². The molecule has 1 unspecified atom stereocenters. The summed E-state index contributed by atoms with van der Waals surface area (Å²) in [5, 5.41) is 6.17. The van der Waals surface area contributed by atoms with Crippen molar-refractivity contribution in [2.75, 3.05) is 32.8 Å². The van der Waals surface area contributed by atoms with E-state index in [0.717, 1.165) is 5.56 Å². The number of rotatable bonds is 7. The standard InChI is InChI=1S/C18H24F6N4O/c1-2-25-16(27-14-7-8-28(10-14)11-17(19,20)21)26-9-13-3-5-15(6-4-13)29-12-18(22,23)24/h3-6,14H,2,7-12H2,1H3,(H2,25,26,27). The molecule has 1 aliphatic heterocycles. The molecule has 164 valence electrons. The zero-order chi connectivity index (χ0) is 21.5. The Labute approximate surface area is 165 Å². The van der Waals surface area contributed by atoms with Gasteiger partial charge in [0.1, 0.15) is 5.75 Å². The maximum atomic E-state index is 12.5. The van der Waals surface area contributed by atoms with Gasteiger partial charge in [0.15, 0.2) is 12.6 Å². The highest BCUT2D eigenvalue weighted by Crippen LogP contribution is 2.20. The Kier molecular flexibility index (Phi) is 8.00. The van der Waals surface area contributed by atoms with E-state index < -0.39 is 25.5 Å². The van der Waals surface area contributed by atoms with E-state index in [4.69, 9.17) is 0 Å². The molecule has 1 saturated heterocycles. The van der Waals surface area contributed by atoms with Gasteiger partial charge in [0.05, 0.1) is 13.1 Å². The highest BCUT2D eigenvalue weighted by Gasteiger charge is 2.34. The van der Waals surface area contributed by atoms with E-state index in [2.05, 4.69) is 20.4 Å². The van der Waals surface area contributed by atoms with Crippen molar-refractivity contribution in [2.24, 2.45) is 4.99 Å². The molecule has 2 rings (SSSR count). The first-order valence-corrected chi connectivity index (χ1v) is 9.16. The molecule has 0 radical (unpaired) electrons. The van der Waals surface area contributed by atoms with Crippen molar-refractivity contribution in [1.29, 1.82) is 0 Å². The number of ether oxygens (including phenoxy) is 1. The van der Waals surface area contributed by atoms with Crippen LogP contribution in [0.5, 0.6) is 5.75 Å². The summed E-state index contributed by atoms with van der Waals surface area (Å²) in [4.78, 5) is 5.74. The van der Waals surface area contributed by atoms with Gasteiger partial charge in [-0.15, -0.1) is 0 Å². The maximum absolute atomic E-state index is 12.5. The van der Waals surface area contributed by atoms with Crippen LogP contribution in [0.2, 0.25) is 0 Å². The smallest absolute Gasteiger partial charge is 0.422 e. The number of halogens is 6. The molecule has 0 spiro atoms. The Morgan fingerprint density at radius 1 is 1.14 bits per heavy atom. The molecule has 1 aromatic rings. The van der Waals surface area contributed by atoms with Gasteiger partial charge < -0.3 is 15.4 Å². The van der Waals surface area contributed by atoms with Crippen molar-refractivity contribution in [3.8, 4) is 5.75 Å². The van der Waals surface area contributed by atoms with E-state index in [1.165, 1.54) is 17.0 Å². The number of nitrogens with one attached hydrogen (secondary N) is 2. The molecule has 0 aliphatic carbocycles. The maximum Gasteiger partial charge on any atom is 0.422 e. The van der Waals surface area contributed by atoms with Gasteiger partial charge in [0.25, 0.3) is 0 Å². The molecule has 1 aliphatic rings. The second-order valence-electron chi connectivity index (χ2n) is 6.72. The molecule has 0 aromatic heterocycles. The lowest BCUT2D eigenvalue weighted by atomic mass is 10.2. The molecule has 0 amide bonds. The molecular weight excluding hydrogens is 402 g/mol. The van der Waals surface area contributed by atoms with Crippen molar-refractivity contribution in [1.82, 2.24) is 15.5 Å². The number of hydrogen-bond acceptors (Lipinski definition) is 3. The van der Waals surface area contributed by atoms with Gasteiger partial charge in [-0.1, -0.05) is 12.1 Å². The van der Waals surface area contributed by atoms with Gasteiger partial charge in [0.2, 0.25) is 0 Å². The quantitative estimate of drug-likeness (QED) is 0.399. The van der Waals surface area contributed by atoms with Crippen molar-refractivity contribution in [3.05, 3.63) is 29.8 Å². The lowest BCUT2D eigenvalue weighted by Gasteiger charge is -2.19. The van der Waals surface area contributed by atoms with Crippen molar-refractivity contribution in [3.63, 3.8) is 0 Å². The van der Waals surface area contributed by atoms with Crippen LogP contribution in [0.3, 0.4) is 0 Å². The second kappa shape index (κ2) is 10.0. The number of likely N-dealkylation sites (tertiary alicyclic amines) is 1. The summed E-state index contributed by atoms with van der Waals surface area (Å²) in [5.41, 5.74) is 0.756. The largest absolute Gasteiger partial charge is 0.484 e. The van der Waals surface area contributed by atoms with E-state index in [-0.39, 0.29) is 24.9 Å². The Bertz CT molecular complexity index is 660. The molecule has 0 bridgehead atoms. The molecule has 1 heterocycles. The van der Waals surface area contributed by atoms with E-state index in [1.807, 2.05) is 6.92 Å². The predicted octanol–water partition coefficient (Wildman–Crippen LogP) is 3.32. The monoisotopic (exact) mass is 426 g/mol. The van der Waals surface area contributed by atoms with Crippen LogP contribution in [-0.4, -0.2) is 62.0 Å². The highest BCUT2D eigenvalue weighted by atomic mass is 19.4. The van der Waals surface area contributed by atoms with Crippen molar-refractivity contribution < 1.29 is 31.1 Å². The Morgan fingerprint density at radius 3 is 2.41 bits per heavy atom. The molecule has 11 heteroatoms. The number of aliphatic imine (C=N–C) groups is 1. The third kappa shape index (κ3) is 9.25. The second-order valence-corrected chi connectivity index (χ2v) is 6.72. The van der Waals surface area contributed by atoms with E-state index in [9.17, 15) is 26.3 Å². The number of guanidine groups is 1. The molecule has 0 saturated carbocycles. The summed E-state index contributed by atoms with van der Waals surface area (Å²) in [6.45, 7) is 1.05. The SMILES string of the molecule is CCNC(=NCc1ccc(OCC(F)(F)F)cc1)NC1CCN(CC(F)(F)F)C1. The normalized spacial score (nSPS) is 18.7. The van der Waals surface area contributed by atoms with Crippen LogP contribution in [0.1, 0.15) is 18.9 Å². The molecule has 1 aromatic carbocycles. The van der Waals surface area contributed by atoms with Gasteiger partial charge >= 0.3 is 12.4 Å².